The Hall–Kier alpha value is -6.54. The third kappa shape index (κ3) is 12.0. The molecule has 0 bridgehead atoms. The van der Waals surface area contributed by atoms with Crippen LogP contribution in [0.2, 0.25) is 0 Å². The number of aromatic hydroxyl groups is 2. The maximum Gasteiger partial charge on any atom is 0.162 e. The monoisotopic (exact) mass is 914 g/mol. The smallest absolute Gasteiger partial charge is 0.162 e. The first-order chi connectivity index (χ1) is 31.5. The van der Waals surface area contributed by atoms with Crippen LogP contribution in [0.1, 0.15) is 56.6 Å². The maximum atomic E-state index is 9.84. The first kappa shape index (κ1) is 47.4. The molecule has 10 rings (SSSR count). The number of fused-ring (bicyclic) bond motifs is 2. The van der Waals surface area contributed by atoms with Crippen molar-refractivity contribution in [2.24, 2.45) is 0 Å². The van der Waals surface area contributed by atoms with Crippen molar-refractivity contribution < 1.29 is 19.7 Å². The van der Waals surface area contributed by atoms with Crippen LogP contribution in [0.3, 0.4) is 0 Å². The van der Waals surface area contributed by atoms with Crippen LogP contribution in [-0.4, -0.2) is 23.3 Å². The molecular weight excluding hydrogens is 860 g/mol. The van der Waals surface area contributed by atoms with E-state index >= 15 is 0 Å². The molecule has 336 valence electrons. The van der Waals surface area contributed by atoms with E-state index in [1.54, 1.807) is 12.1 Å². The predicted octanol–water partition coefficient (Wildman–Crippen LogP) is 13.0. The van der Waals surface area contributed by atoms with Gasteiger partial charge in [-0.05, 0) is 130 Å². The summed E-state index contributed by atoms with van der Waals surface area (Å²) in [5.41, 5.74) is 14.6. The molecule has 0 aromatic heterocycles. The third-order valence-electron chi connectivity index (χ3n) is 12.2. The molecule has 2 atom stereocenters. The van der Waals surface area contributed by atoms with E-state index in [1.165, 1.54) is 44.5 Å². The Morgan fingerprint density at radius 1 is 0.394 bits per heavy atom. The second kappa shape index (κ2) is 23.1. The van der Waals surface area contributed by atoms with Gasteiger partial charge in [0.2, 0.25) is 0 Å². The zero-order valence-corrected chi connectivity index (χ0v) is 38.4. The zero-order valence-electron chi connectivity index (χ0n) is 36.8. The van der Waals surface area contributed by atoms with Gasteiger partial charge >= 0.3 is 0 Å². The molecule has 66 heavy (non-hydrogen) atoms. The fraction of sp³-hybridized carbons (Fsp3) is 0.172. The number of rotatable bonds is 12. The molecule has 0 fully saturated rings. The summed E-state index contributed by atoms with van der Waals surface area (Å²) >= 11 is 0. The first-order valence-electron chi connectivity index (χ1n) is 22.3. The van der Waals surface area contributed by atoms with Gasteiger partial charge in [-0.1, -0.05) is 170 Å². The molecule has 6 nitrogen and oxygen atoms in total. The van der Waals surface area contributed by atoms with Gasteiger partial charge in [0.05, 0.1) is 0 Å². The zero-order chi connectivity index (χ0) is 43.5. The Bertz CT molecular complexity index is 2740. The minimum absolute atomic E-state index is 0. The average molecular weight is 916 g/mol. The van der Waals surface area contributed by atoms with Crippen LogP contribution >= 0.6 is 24.8 Å². The lowest BCUT2D eigenvalue weighted by atomic mass is 9.89. The molecule has 0 radical (unpaired) electrons. The quantitative estimate of drug-likeness (QED) is 0.0914. The van der Waals surface area contributed by atoms with E-state index in [2.05, 4.69) is 138 Å². The van der Waals surface area contributed by atoms with Gasteiger partial charge < -0.3 is 30.3 Å². The normalized spacial score (nSPS) is 14.7. The number of phenolic OH excluding ortho intramolecular Hbond substituents is 2. The van der Waals surface area contributed by atoms with E-state index in [0.29, 0.717) is 13.2 Å². The molecule has 0 aliphatic carbocycles. The maximum absolute atomic E-state index is 9.84. The third-order valence-corrected chi connectivity index (χ3v) is 12.2. The van der Waals surface area contributed by atoms with Crippen LogP contribution in [0.25, 0.3) is 22.3 Å². The topological polar surface area (TPSA) is 83.0 Å². The van der Waals surface area contributed by atoms with Crippen molar-refractivity contribution in [1.82, 2.24) is 10.6 Å². The predicted molar refractivity (Wildman–Crippen MR) is 272 cm³/mol. The highest BCUT2D eigenvalue weighted by Gasteiger charge is 2.24. The summed E-state index contributed by atoms with van der Waals surface area (Å²) < 4.78 is 12.7. The molecule has 8 aromatic rings. The number of halogens is 2. The van der Waals surface area contributed by atoms with Gasteiger partial charge in [0, 0.05) is 12.1 Å². The molecule has 8 aromatic carbocycles. The lowest BCUT2D eigenvalue weighted by Crippen LogP contribution is -2.31. The summed E-state index contributed by atoms with van der Waals surface area (Å²) in [7, 11) is 0. The van der Waals surface area contributed by atoms with Gasteiger partial charge in [-0.15, -0.1) is 24.8 Å². The lowest BCUT2D eigenvalue weighted by Gasteiger charge is -2.29. The van der Waals surface area contributed by atoms with Crippen molar-refractivity contribution >= 4 is 24.8 Å². The summed E-state index contributed by atoms with van der Waals surface area (Å²) in [6, 6.07) is 67.2. The van der Waals surface area contributed by atoms with Crippen LogP contribution < -0.4 is 20.1 Å². The number of hydrogen-bond acceptors (Lipinski definition) is 6. The second-order valence-corrected chi connectivity index (χ2v) is 16.6. The van der Waals surface area contributed by atoms with Crippen LogP contribution in [0.5, 0.6) is 23.0 Å². The van der Waals surface area contributed by atoms with E-state index in [1.807, 2.05) is 54.6 Å². The Balaban J connectivity index is 0.000000208. The first-order valence-corrected chi connectivity index (χ1v) is 22.3. The van der Waals surface area contributed by atoms with E-state index < -0.39 is 0 Å². The Labute approximate surface area is 401 Å². The molecule has 2 heterocycles. The van der Waals surface area contributed by atoms with Crippen molar-refractivity contribution in [3.8, 4) is 45.3 Å². The fourth-order valence-corrected chi connectivity index (χ4v) is 8.78. The Kier molecular flexibility index (Phi) is 16.6. The highest BCUT2D eigenvalue weighted by Crippen LogP contribution is 2.38. The second-order valence-electron chi connectivity index (χ2n) is 16.6. The molecule has 2 aliphatic heterocycles. The highest BCUT2D eigenvalue weighted by molar-refractivity contribution is 5.85. The van der Waals surface area contributed by atoms with Crippen LogP contribution in [0.4, 0.5) is 0 Å². The van der Waals surface area contributed by atoms with Crippen LogP contribution in [0.15, 0.2) is 194 Å². The van der Waals surface area contributed by atoms with Gasteiger partial charge in [0.15, 0.2) is 23.0 Å². The van der Waals surface area contributed by atoms with Gasteiger partial charge in [-0.25, -0.2) is 0 Å². The molecule has 2 unspecified atom stereocenters. The largest absolute Gasteiger partial charge is 0.504 e. The van der Waals surface area contributed by atoms with Crippen molar-refractivity contribution in [2.45, 2.75) is 51.0 Å². The SMILES string of the molecule is Cl.Cl.Oc1cc2c(cc1O)C(Cc1ccc(-c3ccccc3)cc1)NCC2.c1ccc(COc2cc3c(cc2OCc2ccccc2)C(Cc2ccc(-c4ccccc4)cc2)NCC3)cc1. The van der Waals surface area contributed by atoms with Crippen molar-refractivity contribution in [3.63, 3.8) is 0 Å². The van der Waals surface area contributed by atoms with Crippen molar-refractivity contribution in [3.05, 3.63) is 239 Å². The van der Waals surface area contributed by atoms with Gasteiger partial charge in [-0.3, -0.25) is 0 Å². The number of phenols is 2. The minimum atomic E-state index is -0.0492. The molecule has 0 spiro atoms. The fourth-order valence-electron chi connectivity index (χ4n) is 8.78. The number of benzene rings is 8. The minimum Gasteiger partial charge on any atom is -0.504 e. The van der Waals surface area contributed by atoms with E-state index in [9.17, 15) is 10.2 Å². The molecule has 4 N–H and O–H groups in total. The van der Waals surface area contributed by atoms with E-state index in [0.717, 1.165) is 72.5 Å². The van der Waals surface area contributed by atoms with Gasteiger partial charge in [0.25, 0.3) is 0 Å². The van der Waals surface area contributed by atoms with Crippen LogP contribution in [-0.2, 0) is 38.9 Å². The molecule has 2 aliphatic rings. The Morgan fingerprint density at radius 2 is 0.758 bits per heavy atom. The van der Waals surface area contributed by atoms with Gasteiger partial charge in [-0.2, -0.15) is 0 Å². The van der Waals surface area contributed by atoms with Crippen molar-refractivity contribution in [2.75, 3.05) is 13.1 Å². The molecule has 8 heteroatoms. The van der Waals surface area contributed by atoms with E-state index in [-0.39, 0.29) is 48.4 Å². The summed E-state index contributed by atoms with van der Waals surface area (Å²) in [5.74, 6) is 1.52. The lowest BCUT2D eigenvalue weighted by molar-refractivity contribution is 0.254. The summed E-state index contributed by atoms with van der Waals surface area (Å²) in [4.78, 5) is 0. The molecule has 0 saturated heterocycles. The number of hydrogen-bond donors (Lipinski definition) is 4. The van der Waals surface area contributed by atoms with Gasteiger partial charge in [0.1, 0.15) is 13.2 Å². The van der Waals surface area contributed by atoms with E-state index in [4.69, 9.17) is 9.47 Å². The summed E-state index contributed by atoms with van der Waals surface area (Å²) in [6.45, 7) is 2.84. The Morgan fingerprint density at radius 3 is 1.21 bits per heavy atom. The summed E-state index contributed by atoms with van der Waals surface area (Å²) in [6.07, 6.45) is 3.61. The summed E-state index contributed by atoms with van der Waals surface area (Å²) in [5, 5.41) is 26.8. The molecule has 0 saturated carbocycles. The molecular formula is C58H56Cl2N2O4. The standard InChI is InChI=1S/C36H33NO2.C22H21NO2.2ClH/c1-4-10-28(11-5-1)25-38-35-23-32-20-21-37-34(33(32)24-36(35)39-26-29-12-6-2-7-13-29)22-27-16-18-31(19-17-27)30-14-8-3-9-15-30;24-21-13-18-10-11-23-20(19(18)14-22(21)25)12-15-6-8-17(9-7-15)16-4-2-1-3-5-16;;/h1-19,23-24,34,37H,20-22,25-26H2;1-9,13-14,20,23-25H,10-12H2;2*1H. The average Bonchev–Trinajstić information content (AvgIpc) is 3.35. The number of nitrogens with one attached hydrogen (secondary N) is 2. The molecule has 0 amide bonds. The van der Waals surface area contributed by atoms with Crippen molar-refractivity contribution in [1.29, 1.82) is 0 Å². The van der Waals surface area contributed by atoms with Crippen LogP contribution in [0, 0.1) is 0 Å². The number of ether oxygens (including phenoxy) is 2. The highest BCUT2D eigenvalue weighted by atomic mass is 35.5.